The molecule has 0 unspecified atom stereocenters. The summed E-state index contributed by atoms with van der Waals surface area (Å²) in [7, 11) is 0. The second kappa shape index (κ2) is 8.69. The summed E-state index contributed by atoms with van der Waals surface area (Å²) < 4.78 is 0. The zero-order valence-electron chi connectivity index (χ0n) is 12.3. The van der Waals surface area contributed by atoms with E-state index in [2.05, 4.69) is 41.0 Å². The van der Waals surface area contributed by atoms with Gasteiger partial charge in [0.2, 0.25) is 0 Å². The van der Waals surface area contributed by atoms with Crippen LogP contribution in [-0.4, -0.2) is 40.8 Å². The van der Waals surface area contributed by atoms with Crippen LogP contribution in [0.2, 0.25) is 0 Å². The summed E-state index contributed by atoms with van der Waals surface area (Å²) in [5.41, 5.74) is 0. The number of aliphatic hydroxyl groups is 1. The standard InChI is InChI=1S/C14H26N4O/c1-4-7-16-13-10-15-11-14(17-13)18(8-9-19)12(5-2)6-3/h10-12,19H,4-9H2,1-3H3,(H,16,17). The third kappa shape index (κ3) is 4.67. The van der Waals surface area contributed by atoms with Crippen molar-refractivity contribution in [3.05, 3.63) is 12.4 Å². The molecule has 0 aromatic carbocycles. The van der Waals surface area contributed by atoms with Crippen LogP contribution in [0.1, 0.15) is 40.0 Å². The molecular formula is C14H26N4O. The van der Waals surface area contributed by atoms with Gasteiger partial charge < -0.3 is 15.3 Å². The fourth-order valence-corrected chi connectivity index (χ4v) is 2.15. The molecule has 1 aromatic rings. The fourth-order valence-electron chi connectivity index (χ4n) is 2.15. The van der Waals surface area contributed by atoms with E-state index >= 15 is 0 Å². The second-order valence-electron chi connectivity index (χ2n) is 4.58. The van der Waals surface area contributed by atoms with Crippen LogP contribution in [0.15, 0.2) is 12.4 Å². The average Bonchev–Trinajstić information content (AvgIpc) is 2.45. The van der Waals surface area contributed by atoms with E-state index in [1.165, 1.54) is 0 Å². The van der Waals surface area contributed by atoms with E-state index in [4.69, 9.17) is 0 Å². The molecule has 108 valence electrons. The first-order valence-electron chi connectivity index (χ1n) is 7.20. The highest BCUT2D eigenvalue weighted by Crippen LogP contribution is 2.18. The molecular weight excluding hydrogens is 240 g/mol. The quantitative estimate of drug-likeness (QED) is 0.718. The van der Waals surface area contributed by atoms with Gasteiger partial charge in [-0.2, -0.15) is 0 Å². The minimum absolute atomic E-state index is 0.130. The molecule has 0 atom stereocenters. The number of nitrogens with one attached hydrogen (secondary N) is 1. The Morgan fingerprint density at radius 3 is 2.58 bits per heavy atom. The molecule has 0 aliphatic heterocycles. The van der Waals surface area contributed by atoms with E-state index < -0.39 is 0 Å². The van der Waals surface area contributed by atoms with Crippen molar-refractivity contribution in [2.24, 2.45) is 0 Å². The molecule has 0 amide bonds. The predicted molar refractivity (Wildman–Crippen MR) is 79.6 cm³/mol. The first-order valence-corrected chi connectivity index (χ1v) is 7.20. The highest BCUT2D eigenvalue weighted by molar-refractivity contribution is 5.44. The normalized spacial score (nSPS) is 10.8. The van der Waals surface area contributed by atoms with E-state index in [-0.39, 0.29) is 6.61 Å². The molecule has 0 spiro atoms. The summed E-state index contributed by atoms with van der Waals surface area (Å²) >= 11 is 0. The van der Waals surface area contributed by atoms with Gasteiger partial charge in [-0.25, -0.2) is 4.98 Å². The largest absolute Gasteiger partial charge is 0.395 e. The van der Waals surface area contributed by atoms with Crippen molar-refractivity contribution in [1.82, 2.24) is 9.97 Å². The van der Waals surface area contributed by atoms with Crippen LogP contribution < -0.4 is 10.2 Å². The maximum atomic E-state index is 9.24. The molecule has 5 nitrogen and oxygen atoms in total. The Morgan fingerprint density at radius 2 is 2.00 bits per heavy atom. The Bertz CT molecular complexity index is 355. The van der Waals surface area contributed by atoms with Crippen molar-refractivity contribution in [3.8, 4) is 0 Å². The molecule has 0 radical (unpaired) electrons. The maximum absolute atomic E-state index is 9.24. The Morgan fingerprint density at radius 1 is 1.26 bits per heavy atom. The maximum Gasteiger partial charge on any atom is 0.149 e. The molecule has 19 heavy (non-hydrogen) atoms. The lowest BCUT2D eigenvalue weighted by Gasteiger charge is -2.31. The fraction of sp³-hybridized carbons (Fsp3) is 0.714. The van der Waals surface area contributed by atoms with Gasteiger partial charge in [-0.3, -0.25) is 4.98 Å². The average molecular weight is 266 g/mol. The minimum Gasteiger partial charge on any atom is -0.395 e. The van der Waals surface area contributed by atoms with Gasteiger partial charge in [-0.15, -0.1) is 0 Å². The third-order valence-electron chi connectivity index (χ3n) is 3.20. The van der Waals surface area contributed by atoms with Gasteiger partial charge in [0.05, 0.1) is 19.0 Å². The van der Waals surface area contributed by atoms with Gasteiger partial charge >= 0.3 is 0 Å². The lowest BCUT2D eigenvalue weighted by Crippen LogP contribution is -2.37. The molecule has 0 aliphatic carbocycles. The number of rotatable bonds is 9. The zero-order chi connectivity index (χ0) is 14.1. The Hall–Kier alpha value is -1.36. The van der Waals surface area contributed by atoms with E-state index in [9.17, 15) is 5.11 Å². The summed E-state index contributed by atoms with van der Waals surface area (Å²) in [5.74, 6) is 1.64. The monoisotopic (exact) mass is 266 g/mol. The van der Waals surface area contributed by atoms with Crippen LogP contribution in [0.5, 0.6) is 0 Å². The summed E-state index contributed by atoms with van der Waals surface area (Å²) in [4.78, 5) is 11.0. The molecule has 0 fully saturated rings. The van der Waals surface area contributed by atoms with Crippen molar-refractivity contribution < 1.29 is 5.11 Å². The Kier molecular flexibility index (Phi) is 7.18. The van der Waals surface area contributed by atoms with Gasteiger partial charge in [-0.05, 0) is 19.3 Å². The van der Waals surface area contributed by atoms with Gasteiger partial charge in [0, 0.05) is 19.1 Å². The first-order chi connectivity index (χ1) is 9.26. The lowest BCUT2D eigenvalue weighted by molar-refractivity contribution is 0.295. The number of hydrogen-bond donors (Lipinski definition) is 2. The topological polar surface area (TPSA) is 61.3 Å². The first kappa shape index (κ1) is 15.7. The number of anilines is 2. The number of aliphatic hydroxyl groups excluding tert-OH is 1. The Balaban J connectivity index is 2.88. The van der Waals surface area contributed by atoms with Crippen molar-refractivity contribution in [1.29, 1.82) is 0 Å². The minimum atomic E-state index is 0.130. The molecule has 1 aromatic heterocycles. The highest BCUT2D eigenvalue weighted by atomic mass is 16.3. The van der Waals surface area contributed by atoms with Gasteiger partial charge in [0.1, 0.15) is 11.6 Å². The van der Waals surface area contributed by atoms with Gasteiger partial charge in [-0.1, -0.05) is 20.8 Å². The van der Waals surface area contributed by atoms with Crippen LogP contribution in [-0.2, 0) is 0 Å². The van der Waals surface area contributed by atoms with Crippen molar-refractivity contribution >= 4 is 11.6 Å². The number of nitrogens with zero attached hydrogens (tertiary/aromatic N) is 3. The number of hydrogen-bond acceptors (Lipinski definition) is 5. The molecule has 1 rings (SSSR count). The van der Waals surface area contributed by atoms with Crippen molar-refractivity contribution in [2.45, 2.75) is 46.1 Å². The van der Waals surface area contributed by atoms with Gasteiger partial charge in [0.15, 0.2) is 0 Å². The molecule has 5 heteroatoms. The molecule has 0 aliphatic rings. The van der Waals surface area contributed by atoms with E-state index in [0.29, 0.717) is 12.6 Å². The summed E-state index contributed by atoms with van der Waals surface area (Å²) in [5, 5.41) is 12.5. The molecule has 0 saturated heterocycles. The second-order valence-corrected chi connectivity index (χ2v) is 4.58. The Labute approximate surface area is 116 Å². The lowest BCUT2D eigenvalue weighted by atomic mass is 10.1. The zero-order valence-corrected chi connectivity index (χ0v) is 12.3. The van der Waals surface area contributed by atoms with Crippen LogP contribution >= 0.6 is 0 Å². The summed E-state index contributed by atoms with van der Waals surface area (Å²) in [6.07, 6.45) is 6.63. The molecule has 0 saturated carbocycles. The number of aromatic nitrogens is 2. The SMILES string of the molecule is CCCNc1cncc(N(CCO)C(CC)CC)n1. The summed E-state index contributed by atoms with van der Waals surface area (Å²) in [6.45, 7) is 8.05. The highest BCUT2D eigenvalue weighted by Gasteiger charge is 2.17. The van der Waals surface area contributed by atoms with E-state index in [0.717, 1.165) is 37.4 Å². The van der Waals surface area contributed by atoms with E-state index in [1.54, 1.807) is 12.4 Å². The smallest absolute Gasteiger partial charge is 0.149 e. The van der Waals surface area contributed by atoms with E-state index in [1.807, 2.05) is 0 Å². The van der Waals surface area contributed by atoms with Crippen LogP contribution in [0.3, 0.4) is 0 Å². The van der Waals surface area contributed by atoms with Crippen LogP contribution in [0, 0.1) is 0 Å². The van der Waals surface area contributed by atoms with Gasteiger partial charge in [0.25, 0.3) is 0 Å². The van der Waals surface area contributed by atoms with Crippen LogP contribution in [0.4, 0.5) is 11.6 Å². The third-order valence-corrected chi connectivity index (χ3v) is 3.20. The van der Waals surface area contributed by atoms with Crippen molar-refractivity contribution in [2.75, 3.05) is 29.9 Å². The van der Waals surface area contributed by atoms with Crippen molar-refractivity contribution in [3.63, 3.8) is 0 Å². The summed E-state index contributed by atoms with van der Waals surface area (Å²) in [6, 6.07) is 0.392. The van der Waals surface area contributed by atoms with Crippen LogP contribution in [0.25, 0.3) is 0 Å². The molecule has 2 N–H and O–H groups in total. The predicted octanol–water partition coefficient (Wildman–Crippen LogP) is 2.29. The molecule has 0 bridgehead atoms. The molecule has 1 heterocycles.